The lowest BCUT2D eigenvalue weighted by Crippen LogP contribution is -2.01. The quantitative estimate of drug-likeness (QED) is 0.784. The zero-order valence-electron chi connectivity index (χ0n) is 9.80. The SMILES string of the molecule is O=Cc1ccc(OCCc2ccc(Br)cc2)cc1. The Labute approximate surface area is 115 Å². The van der Waals surface area contributed by atoms with E-state index in [1.54, 1.807) is 12.1 Å². The maximum absolute atomic E-state index is 10.5. The van der Waals surface area contributed by atoms with Crippen LogP contribution in [0.1, 0.15) is 15.9 Å². The Kier molecular flexibility index (Phi) is 4.53. The van der Waals surface area contributed by atoms with Gasteiger partial charge in [0.25, 0.3) is 0 Å². The van der Waals surface area contributed by atoms with Crippen LogP contribution in [0.15, 0.2) is 53.0 Å². The molecular weight excluding hydrogens is 292 g/mol. The second kappa shape index (κ2) is 6.36. The van der Waals surface area contributed by atoms with Crippen LogP contribution >= 0.6 is 15.9 Å². The van der Waals surface area contributed by atoms with Crippen molar-refractivity contribution in [3.05, 3.63) is 64.1 Å². The monoisotopic (exact) mass is 304 g/mol. The standard InChI is InChI=1S/C15H13BrO2/c16-14-5-1-12(2-6-14)9-10-18-15-7-3-13(11-17)4-8-15/h1-8,11H,9-10H2. The van der Waals surface area contributed by atoms with Crippen LogP contribution in [0.2, 0.25) is 0 Å². The summed E-state index contributed by atoms with van der Waals surface area (Å²) in [5.74, 6) is 0.790. The molecule has 2 rings (SSSR count). The average molecular weight is 305 g/mol. The maximum atomic E-state index is 10.5. The molecule has 0 aliphatic rings. The Morgan fingerprint density at radius 1 is 1.00 bits per heavy atom. The first-order valence-electron chi connectivity index (χ1n) is 5.70. The molecule has 0 saturated carbocycles. The van der Waals surface area contributed by atoms with E-state index >= 15 is 0 Å². The van der Waals surface area contributed by atoms with Gasteiger partial charge in [-0.3, -0.25) is 4.79 Å². The number of rotatable bonds is 5. The van der Waals surface area contributed by atoms with E-state index in [-0.39, 0.29) is 0 Å². The summed E-state index contributed by atoms with van der Waals surface area (Å²) in [5.41, 5.74) is 1.90. The summed E-state index contributed by atoms with van der Waals surface area (Å²) in [5, 5.41) is 0. The Morgan fingerprint density at radius 2 is 1.67 bits per heavy atom. The van der Waals surface area contributed by atoms with E-state index in [0.29, 0.717) is 12.2 Å². The minimum absolute atomic E-state index is 0.627. The summed E-state index contributed by atoms with van der Waals surface area (Å²) in [4.78, 5) is 10.5. The van der Waals surface area contributed by atoms with Crippen molar-refractivity contribution in [3.63, 3.8) is 0 Å². The second-order valence-electron chi connectivity index (χ2n) is 3.91. The van der Waals surface area contributed by atoms with E-state index in [1.807, 2.05) is 24.3 Å². The molecule has 92 valence electrons. The van der Waals surface area contributed by atoms with Crippen LogP contribution in [0, 0.1) is 0 Å². The van der Waals surface area contributed by atoms with E-state index in [0.717, 1.165) is 22.9 Å². The third-order valence-electron chi connectivity index (χ3n) is 2.59. The highest BCUT2D eigenvalue weighted by atomic mass is 79.9. The molecule has 0 unspecified atom stereocenters. The Hall–Kier alpha value is -1.61. The predicted octanol–water partition coefficient (Wildman–Crippen LogP) is 3.88. The van der Waals surface area contributed by atoms with Gasteiger partial charge in [-0.05, 0) is 42.0 Å². The molecule has 2 aromatic carbocycles. The van der Waals surface area contributed by atoms with Crippen molar-refractivity contribution < 1.29 is 9.53 Å². The molecule has 2 aromatic rings. The minimum atomic E-state index is 0.627. The van der Waals surface area contributed by atoms with Gasteiger partial charge in [0.1, 0.15) is 12.0 Å². The molecule has 18 heavy (non-hydrogen) atoms. The molecule has 0 radical (unpaired) electrons. The average Bonchev–Trinajstić information content (AvgIpc) is 2.42. The summed E-state index contributed by atoms with van der Waals surface area (Å²) in [6.07, 6.45) is 1.69. The number of halogens is 1. The largest absolute Gasteiger partial charge is 0.493 e. The number of aldehydes is 1. The van der Waals surface area contributed by atoms with E-state index < -0.39 is 0 Å². The van der Waals surface area contributed by atoms with Crippen LogP contribution in [-0.2, 0) is 6.42 Å². The fourth-order valence-electron chi connectivity index (χ4n) is 1.58. The molecule has 0 aliphatic carbocycles. The summed E-state index contributed by atoms with van der Waals surface area (Å²) >= 11 is 3.40. The Bertz CT molecular complexity index is 503. The molecule has 0 aliphatic heterocycles. The second-order valence-corrected chi connectivity index (χ2v) is 4.83. The van der Waals surface area contributed by atoms with Gasteiger partial charge in [-0.1, -0.05) is 28.1 Å². The molecule has 0 heterocycles. The number of hydrogen-bond acceptors (Lipinski definition) is 2. The van der Waals surface area contributed by atoms with Gasteiger partial charge in [0, 0.05) is 16.5 Å². The van der Waals surface area contributed by atoms with E-state index in [9.17, 15) is 4.79 Å². The van der Waals surface area contributed by atoms with Gasteiger partial charge in [0.2, 0.25) is 0 Å². The lowest BCUT2D eigenvalue weighted by molar-refractivity contribution is 0.112. The summed E-state index contributed by atoms with van der Waals surface area (Å²) in [6, 6.07) is 15.3. The van der Waals surface area contributed by atoms with Crippen LogP contribution in [0.25, 0.3) is 0 Å². The fraction of sp³-hybridized carbons (Fsp3) is 0.133. The first-order valence-corrected chi connectivity index (χ1v) is 6.50. The molecule has 0 amide bonds. The molecule has 0 bridgehead atoms. The first-order chi connectivity index (χ1) is 8.78. The number of benzene rings is 2. The van der Waals surface area contributed by atoms with Gasteiger partial charge < -0.3 is 4.74 Å². The molecule has 0 atom stereocenters. The summed E-state index contributed by atoms with van der Waals surface area (Å²) < 4.78 is 6.69. The zero-order chi connectivity index (χ0) is 12.8. The number of hydrogen-bond donors (Lipinski definition) is 0. The molecule has 3 heteroatoms. The third-order valence-corrected chi connectivity index (χ3v) is 3.12. The predicted molar refractivity (Wildman–Crippen MR) is 75.2 cm³/mol. The topological polar surface area (TPSA) is 26.3 Å². The summed E-state index contributed by atoms with van der Waals surface area (Å²) in [6.45, 7) is 0.627. The number of carbonyl (C=O) groups excluding carboxylic acids is 1. The third kappa shape index (κ3) is 3.70. The van der Waals surface area contributed by atoms with Crippen LogP contribution < -0.4 is 4.74 Å². The number of carbonyl (C=O) groups is 1. The highest BCUT2D eigenvalue weighted by Crippen LogP contribution is 2.13. The first kappa shape index (κ1) is 12.8. The van der Waals surface area contributed by atoms with Gasteiger partial charge in [-0.25, -0.2) is 0 Å². The molecule has 2 nitrogen and oxygen atoms in total. The van der Waals surface area contributed by atoms with E-state index in [2.05, 4.69) is 28.1 Å². The van der Waals surface area contributed by atoms with Gasteiger partial charge in [-0.2, -0.15) is 0 Å². The van der Waals surface area contributed by atoms with Crippen LogP contribution in [-0.4, -0.2) is 12.9 Å². The minimum Gasteiger partial charge on any atom is -0.493 e. The molecule has 0 aromatic heterocycles. The Balaban J connectivity index is 1.84. The lowest BCUT2D eigenvalue weighted by Gasteiger charge is -2.06. The van der Waals surface area contributed by atoms with Crippen molar-refractivity contribution in [3.8, 4) is 5.75 Å². The maximum Gasteiger partial charge on any atom is 0.150 e. The molecular formula is C15H13BrO2. The summed E-state index contributed by atoms with van der Waals surface area (Å²) in [7, 11) is 0. The Morgan fingerprint density at radius 3 is 2.28 bits per heavy atom. The number of ether oxygens (including phenoxy) is 1. The van der Waals surface area contributed by atoms with Crippen molar-refractivity contribution in [1.29, 1.82) is 0 Å². The van der Waals surface area contributed by atoms with Gasteiger partial charge in [-0.15, -0.1) is 0 Å². The molecule has 0 spiro atoms. The van der Waals surface area contributed by atoms with Gasteiger partial charge >= 0.3 is 0 Å². The van der Waals surface area contributed by atoms with E-state index in [4.69, 9.17) is 4.74 Å². The van der Waals surface area contributed by atoms with Gasteiger partial charge in [0.05, 0.1) is 6.61 Å². The normalized spacial score (nSPS) is 10.1. The highest BCUT2D eigenvalue weighted by molar-refractivity contribution is 9.10. The zero-order valence-corrected chi connectivity index (χ0v) is 11.4. The van der Waals surface area contributed by atoms with Gasteiger partial charge in [0.15, 0.2) is 0 Å². The molecule has 0 N–H and O–H groups in total. The van der Waals surface area contributed by atoms with Crippen LogP contribution in [0.4, 0.5) is 0 Å². The van der Waals surface area contributed by atoms with Crippen LogP contribution in [0.3, 0.4) is 0 Å². The van der Waals surface area contributed by atoms with Crippen molar-refractivity contribution in [2.75, 3.05) is 6.61 Å². The fourth-order valence-corrected chi connectivity index (χ4v) is 1.84. The molecule has 0 saturated heterocycles. The van der Waals surface area contributed by atoms with Crippen LogP contribution in [0.5, 0.6) is 5.75 Å². The smallest absolute Gasteiger partial charge is 0.150 e. The van der Waals surface area contributed by atoms with E-state index in [1.165, 1.54) is 5.56 Å². The van der Waals surface area contributed by atoms with Crippen molar-refractivity contribution in [1.82, 2.24) is 0 Å². The van der Waals surface area contributed by atoms with Crippen molar-refractivity contribution >= 4 is 22.2 Å². The van der Waals surface area contributed by atoms with Crippen molar-refractivity contribution in [2.24, 2.45) is 0 Å². The molecule has 0 fully saturated rings. The van der Waals surface area contributed by atoms with Crippen molar-refractivity contribution in [2.45, 2.75) is 6.42 Å². The lowest BCUT2D eigenvalue weighted by atomic mass is 10.2. The highest BCUT2D eigenvalue weighted by Gasteiger charge is 1.96.